The summed E-state index contributed by atoms with van der Waals surface area (Å²) < 4.78 is 0. The van der Waals surface area contributed by atoms with Crippen molar-refractivity contribution in [1.82, 2.24) is 10.6 Å². The van der Waals surface area contributed by atoms with Gasteiger partial charge >= 0.3 is 0 Å². The van der Waals surface area contributed by atoms with Gasteiger partial charge in [-0.15, -0.1) is 0 Å². The van der Waals surface area contributed by atoms with Crippen LogP contribution in [0.2, 0.25) is 0 Å². The van der Waals surface area contributed by atoms with E-state index in [0.717, 1.165) is 29.9 Å². The topological polar surface area (TPSA) is 70.2 Å². The summed E-state index contributed by atoms with van der Waals surface area (Å²) in [6.07, 6.45) is 0. The highest BCUT2D eigenvalue weighted by atomic mass is 16.2. The lowest BCUT2D eigenvalue weighted by molar-refractivity contribution is -0.119. The molecule has 2 amide bonds. The van der Waals surface area contributed by atoms with Crippen LogP contribution in [0.15, 0.2) is 48.5 Å². The molecule has 0 heterocycles. The van der Waals surface area contributed by atoms with E-state index >= 15 is 0 Å². The van der Waals surface area contributed by atoms with Crippen LogP contribution in [0.4, 0.5) is 5.69 Å². The maximum absolute atomic E-state index is 12.3. The van der Waals surface area contributed by atoms with Crippen molar-refractivity contribution in [2.24, 2.45) is 0 Å². The quantitative estimate of drug-likeness (QED) is 0.733. The minimum atomic E-state index is -0.151. The first-order chi connectivity index (χ1) is 11.6. The Morgan fingerprint density at radius 2 is 1.71 bits per heavy atom. The molecule has 0 saturated heterocycles. The predicted molar refractivity (Wildman–Crippen MR) is 95.7 cm³/mol. The molecule has 0 unspecified atom stereocenters. The number of hydrogen-bond acceptors (Lipinski definition) is 3. The van der Waals surface area contributed by atoms with E-state index in [1.807, 2.05) is 36.4 Å². The molecule has 0 fully saturated rings. The fraction of sp³-hybridized carbons (Fsp3) is 0.263. The third kappa shape index (κ3) is 5.52. The van der Waals surface area contributed by atoms with E-state index < -0.39 is 0 Å². The molecule has 0 aliphatic rings. The van der Waals surface area contributed by atoms with Gasteiger partial charge in [-0.25, -0.2) is 0 Å². The van der Waals surface area contributed by atoms with Gasteiger partial charge in [0.1, 0.15) is 0 Å². The lowest BCUT2D eigenvalue weighted by atomic mass is 10.1. The number of carbonyl (C=O) groups is 2. The van der Waals surface area contributed by atoms with Crippen molar-refractivity contribution in [3.8, 4) is 0 Å². The first-order valence-electron chi connectivity index (χ1n) is 8.03. The Hall–Kier alpha value is -2.66. The second-order valence-electron chi connectivity index (χ2n) is 5.54. The van der Waals surface area contributed by atoms with Gasteiger partial charge in [-0.05, 0) is 41.9 Å². The fourth-order valence-electron chi connectivity index (χ4n) is 2.23. The second-order valence-corrected chi connectivity index (χ2v) is 5.54. The van der Waals surface area contributed by atoms with Crippen LogP contribution >= 0.6 is 0 Å². The van der Waals surface area contributed by atoms with E-state index in [1.165, 1.54) is 6.92 Å². The van der Waals surface area contributed by atoms with Crippen LogP contribution in [0.5, 0.6) is 0 Å². The molecule has 0 atom stereocenters. The molecule has 0 aliphatic heterocycles. The van der Waals surface area contributed by atoms with Crippen LogP contribution in [0.25, 0.3) is 0 Å². The summed E-state index contributed by atoms with van der Waals surface area (Å²) in [5, 5.41) is 8.90. The van der Waals surface area contributed by atoms with Crippen molar-refractivity contribution in [2.75, 3.05) is 11.9 Å². The lowest BCUT2D eigenvalue weighted by Gasteiger charge is -2.09. The predicted octanol–water partition coefficient (Wildman–Crippen LogP) is 2.68. The highest BCUT2D eigenvalue weighted by molar-refractivity contribution is 6.04. The number of carbonyl (C=O) groups excluding carboxylic acids is 2. The number of hydrogen-bond donors (Lipinski definition) is 3. The fourth-order valence-corrected chi connectivity index (χ4v) is 2.23. The van der Waals surface area contributed by atoms with Crippen molar-refractivity contribution in [3.05, 3.63) is 65.2 Å². The molecule has 2 rings (SSSR count). The second kappa shape index (κ2) is 8.84. The van der Waals surface area contributed by atoms with E-state index in [9.17, 15) is 9.59 Å². The molecule has 0 saturated carbocycles. The Labute approximate surface area is 142 Å². The van der Waals surface area contributed by atoms with E-state index in [2.05, 4.69) is 22.9 Å². The van der Waals surface area contributed by atoms with Crippen molar-refractivity contribution in [1.29, 1.82) is 0 Å². The average Bonchev–Trinajstić information content (AvgIpc) is 2.59. The molecule has 2 aromatic rings. The highest BCUT2D eigenvalue weighted by Gasteiger charge is 2.06. The van der Waals surface area contributed by atoms with Gasteiger partial charge in [-0.1, -0.05) is 31.2 Å². The van der Waals surface area contributed by atoms with Crippen molar-refractivity contribution in [3.63, 3.8) is 0 Å². The molecule has 0 radical (unpaired) electrons. The van der Waals surface area contributed by atoms with Crippen molar-refractivity contribution in [2.45, 2.75) is 26.9 Å². The van der Waals surface area contributed by atoms with Crippen LogP contribution in [0.1, 0.15) is 35.3 Å². The number of rotatable bonds is 7. The van der Waals surface area contributed by atoms with E-state index in [4.69, 9.17) is 0 Å². The van der Waals surface area contributed by atoms with Crippen molar-refractivity contribution >= 4 is 17.5 Å². The first kappa shape index (κ1) is 17.7. The Balaban J connectivity index is 1.97. The Morgan fingerprint density at radius 1 is 0.958 bits per heavy atom. The maximum Gasteiger partial charge on any atom is 0.255 e. The summed E-state index contributed by atoms with van der Waals surface area (Å²) in [4.78, 5) is 23.2. The van der Waals surface area contributed by atoms with Gasteiger partial charge in [-0.2, -0.15) is 0 Å². The van der Waals surface area contributed by atoms with Crippen LogP contribution in [0, 0.1) is 0 Å². The Bertz CT molecular complexity index is 696. The molecule has 5 heteroatoms. The van der Waals surface area contributed by atoms with E-state index in [0.29, 0.717) is 12.1 Å². The Morgan fingerprint density at radius 3 is 2.38 bits per heavy atom. The summed E-state index contributed by atoms with van der Waals surface area (Å²) >= 11 is 0. The van der Waals surface area contributed by atoms with E-state index in [1.54, 1.807) is 12.1 Å². The van der Waals surface area contributed by atoms with Gasteiger partial charge in [0.2, 0.25) is 5.91 Å². The van der Waals surface area contributed by atoms with Gasteiger partial charge in [0.25, 0.3) is 5.91 Å². The zero-order valence-electron chi connectivity index (χ0n) is 14.1. The molecule has 0 aliphatic carbocycles. The minimum absolute atomic E-state index is 0.0748. The maximum atomic E-state index is 12.3. The summed E-state index contributed by atoms with van der Waals surface area (Å²) in [5.41, 5.74) is 3.44. The van der Waals surface area contributed by atoms with Gasteiger partial charge in [0.15, 0.2) is 0 Å². The number of anilines is 1. The third-order valence-corrected chi connectivity index (χ3v) is 3.52. The summed E-state index contributed by atoms with van der Waals surface area (Å²) in [7, 11) is 0. The van der Waals surface area contributed by atoms with Gasteiger partial charge in [0, 0.05) is 31.3 Å². The molecule has 126 valence electrons. The smallest absolute Gasteiger partial charge is 0.255 e. The van der Waals surface area contributed by atoms with Crippen LogP contribution in [-0.2, 0) is 17.9 Å². The molecular formula is C19H23N3O2. The van der Waals surface area contributed by atoms with E-state index in [-0.39, 0.29) is 11.8 Å². The molecule has 0 bridgehead atoms. The largest absolute Gasteiger partial charge is 0.352 e. The summed E-state index contributed by atoms with van der Waals surface area (Å²) in [6, 6.07) is 15.0. The van der Waals surface area contributed by atoms with Crippen molar-refractivity contribution < 1.29 is 9.59 Å². The number of amides is 2. The molecular weight excluding hydrogens is 302 g/mol. The normalized spacial score (nSPS) is 10.2. The molecule has 3 N–H and O–H groups in total. The van der Waals surface area contributed by atoms with Crippen LogP contribution in [0.3, 0.4) is 0 Å². The monoisotopic (exact) mass is 325 g/mol. The minimum Gasteiger partial charge on any atom is -0.352 e. The highest BCUT2D eigenvalue weighted by Crippen LogP contribution is 2.13. The van der Waals surface area contributed by atoms with Gasteiger partial charge in [-0.3, -0.25) is 9.59 Å². The van der Waals surface area contributed by atoms with Crippen LogP contribution < -0.4 is 16.0 Å². The zero-order chi connectivity index (χ0) is 17.4. The van der Waals surface area contributed by atoms with Crippen LogP contribution in [-0.4, -0.2) is 18.4 Å². The zero-order valence-corrected chi connectivity index (χ0v) is 14.1. The SMILES string of the molecule is CCNCc1cccc(NC(=O)c2ccc(CNC(C)=O)cc2)c1. The molecule has 0 aromatic heterocycles. The molecule has 24 heavy (non-hydrogen) atoms. The number of nitrogens with one attached hydrogen (secondary N) is 3. The first-order valence-corrected chi connectivity index (χ1v) is 8.03. The lowest BCUT2D eigenvalue weighted by Crippen LogP contribution is -2.19. The summed E-state index contributed by atoms with van der Waals surface area (Å²) in [6.45, 7) is 5.68. The number of benzene rings is 2. The third-order valence-electron chi connectivity index (χ3n) is 3.52. The van der Waals surface area contributed by atoms with Gasteiger partial charge in [0.05, 0.1) is 0 Å². The Kier molecular flexibility index (Phi) is 6.51. The van der Waals surface area contributed by atoms with Gasteiger partial charge < -0.3 is 16.0 Å². The average molecular weight is 325 g/mol. The molecule has 0 spiro atoms. The standard InChI is InChI=1S/C19H23N3O2/c1-3-20-12-16-5-4-6-18(11-16)22-19(24)17-9-7-15(8-10-17)13-21-14(2)23/h4-11,20H,3,12-13H2,1-2H3,(H,21,23)(H,22,24). The molecule has 5 nitrogen and oxygen atoms in total. The summed E-state index contributed by atoms with van der Waals surface area (Å²) in [5.74, 6) is -0.226. The molecule has 2 aromatic carbocycles.